The number of ketones is 1. The molecule has 7 heteroatoms. The van der Waals surface area contributed by atoms with Crippen LogP contribution >= 0.6 is 0 Å². The number of rotatable bonds is 6. The zero-order chi connectivity index (χ0) is 20.2. The fraction of sp³-hybridized carbons (Fsp3) is 0.364. The number of Topliss-reactive ketones (excluding diaryl/α,β-unsaturated/α-hetero) is 1. The third-order valence-corrected chi connectivity index (χ3v) is 5.14. The Bertz CT molecular complexity index is 983. The van der Waals surface area contributed by atoms with E-state index in [9.17, 15) is 4.79 Å². The maximum atomic E-state index is 12.0. The molecule has 0 spiro atoms. The van der Waals surface area contributed by atoms with Crippen LogP contribution in [0.5, 0.6) is 0 Å². The van der Waals surface area contributed by atoms with Crippen molar-refractivity contribution in [1.82, 2.24) is 15.0 Å². The third kappa shape index (κ3) is 4.29. The first kappa shape index (κ1) is 19.1. The van der Waals surface area contributed by atoms with Gasteiger partial charge < -0.3 is 14.6 Å². The van der Waals surface area contributed by atoms with Crippen LogP contribution in [-0.2, 0) is 11.2 Å². The molecule has 0 aliphatic carbocycles. The van der Waals surface area contributed by atoms with Crippen molar-refractivity contribution in [1.29, 1.82) is 0 Å². The Balaban J connectivity index is 1.50. The Morgan fingerprint density at radius 1 is 1.21 bits per heavy atom. The number of hydrogen-bond acceptors (Lipinski definition) is 7. The van der Waals surface area contributed by atoms with E-state index in [-0.39, 0.29) is 11.8 Å². The summed E-state index contributed by atoms with van der Waals surface area (Å²) in [5, 5.41) is 3.23. The second-order valence-electron chi connectivity index (χ2n) is 7.32. The molecule has 3 heterocycles. The van der Waals surface area contributed by atoms with Crippen LogP contribution in [0.25, 0.3) is 11.3 Å². The lowest BCUT2D eigenvalue weighted by molar-refractivity contribution is -0.121. The highest BCUT2D eigenvalue weighted by Crippen LogP contribution is 2.29. The summed E-state index contributed by atoms with van der Waals surface area (Å²) in [7, 11) is 0. The highest BCUT2D eigenvalue weighted by molar-refractivity contribution is 5.87. The zero-order valence-electron chi connectivity index (χ0n) is 16.8. The highest BCUT2D eigenvalue weighted by atomic mass is 16.4. The molecule has 29 heavy (non-hydrogen) atoms. The maximum absolute atomic E-state index is 12.0. The standard InChI is InChI=1S/C22H25N5O2/c1-3-6-16-12-23-21(24-13-16)26-18-8-4-7-17(11-18)20-14-25-22(29-20)27-10-5-9-19(28)15(27)2/h4,7-8,11-15H,3,5-6,9-10H2,1-2H3,(H,23,24,26). The van der Waals surface area contributed by atoms with Crippen molar-refractivity contribution < 1.29 is 9.21 Å². The topological polar surface area (TPSA) is 84.2 Å². The number of piperidine rings is 1. The van der Waals surface area contributed by atoms with E-state index in [1.807, 2.05) is 48.5 Å². The number of oxazole rings is 1. The molecule has 0 saturated carbocycles. The second kappa shape index (κ2) is 8.43. The average molecular weight is 391 g/mol. The largest absolute Gasteiger partial charge is 0.423 e. The van der Waals surface area contributed by atoms with E-state index in [2.05, 4.69) is 27.2 Å². The van der Waals surface area contributed by atoms with Crippen LogP contribution in [-0.4, -0.2) is 33.3 Å². The van der Waals surface area contributed by atoms with Crippen LogP contribution in [0.2, 0.25) is 0 Å². The summed E-state index contributed by atoms with van der Waals surface area (Å²) < 4.78 is 5.98. The van der Waals surface area contributed by atoms with Gasteiger partial charge >= 0.3 is 0 Å². The minimum Gasteiger partial charge on any atom is -0.423 e. The predicted octanol–water partition coefficient (Wildman–Crippen LogP) is 4.39. The van der Waals surface area contributed by atoms with Gasteiger partial charge in [-0.3, -0.25) is 4.79 Å². The van der Waals surface area contributed by atoms with Gasteiger partial charge in [0.25, 0.3) is 6.01 Å². The van der Waals surface area contributed by atoms with Gasteiger partial charge in [0, 0.05) is 36.6 Å². The minimum atomic E-state index is -0.198. The Hall–Kier alpha value is -3.22. The normalized spacial score (nSPS) is 16.8. The molecule has 1 N–H and O–H groups in total. The number of aryl methyl sites for hydroxylation is 1. The fourth-order valence-corrected chi connectivity index (χ4v) is 3.51. The molecular formula is C22H25N5O2. The molecule has 0 bridgehead atoms. The van der Waals surface area contributed by atoms with Gasteiger partial charge in [0.05, 0.1) is 12.2 Å². The number of nitrogens with zero attached hydrogens (tertiary/aromatic N) is 4. The second-order valence-corrected chi connectivity index (χ2v) is 7.32. The number of carbonyl (C=O) groups is 1. The number of nitrogens with one attached hydrogen (secondary N) is 1. The molecular weight excluding hydrogens is 366 g/mol. The number of hydrogen-bond donors (Lipinski definition) is 1. The number of carbonyl (C=O) groups excluding carboxylic acids is 1. The monoisotopic (exact) mass is 391 g/mol. The Morgan fingerprint density at radius 3 is 2.83 bits per heavy atom. The summed E-state index contributed by atoms with van der Waals surface area (Å²) >= 11 is 0. The van der Waals surface area contributed by atoms with E-state index in [4.69, 9.17) is 4.42 Å². The van der Waals surface area contributed by atoms with Crippen molar-refractivity contribution in [3.63, 3.8) is 0 Å². The van der Waals surface area contributed by atoms with Crippen molar-refractivity contribution in [2.75, 3.05) is 16.8 Å². The molecule has 0 radical (unpaired) electrons. The van der Waals surface area contributed by atoms with Crippen molar-refractivity contribution in [3.05, 3.63) is 48.4 Å². The quantitative estimate of drug-likeness (QED) is 0.667. The van der Waals surface area contributed by atoms with E-state index in [1.54, 1.807) is 6.20 Å². The van der Waals surface area contributed by atoms with Crippen LogP contribution in [0.15, 0.2) is 47.3 Å². The van der Waals surface area contributed by atoms with E-state index in [0.29, 0.717) is 24.1 Å². The van der Waals surface area contributed by atoms with Crippen molar-refractivity contribution in [3.8, 4) is 11.3 Å². The number of benzene rings is 1. The van der Waals surface area contributed by atoms with Gasteiger partial charge in [-0.15, -0.1) is 0 Å². The molecule has 4 rings (SSSR count). The molecule has 1 atom stereocenters. The lowest BCUT2D eigenvalue weighted by Gasteiger charge is -2.30. The average Bonchev–Trinajstić information content (AvgIpc) is 3.22. The smallest absolute Gasteiger partial charge is 0.298 e. The summed E-state index contributed by atoms with van der Waals surface area (Å²) in [4.78, 5) is 27.1. The molecule has 3 aromatic rings. The van der Waals surface area contributed by atoms with E-state index < -0.39 is 0 Å². The van der Waals surface area contributed by atoms with Gasteiger partial charge in [0.1, 0.15) is 0 Å². The molecule has 150 valence electrons. The van der Waals surface area contributed by atoms with Crippen LogP contribution < -0.4 is 10.2 Å². The van der Waals surface area contributed by atoms with Crippen molar-refractivity contribution >= 4 is 23.4 Å². The molecule has 0 amide bonds. The first-order chi connectivity index (χ1) is 14.1. The lowest BCUT2D eigenvalue weighted by atomic mass is 10.0. The predicted molar refractivity (Wildman–Crippen MR) is 112 cm³/mol. The Morgan fingerprint density at radius 2 is 2.03 bits per heavy atom. The number of aromatic nitrogens is 3. The Kier molecular flexibility index (Phi) is 5.55. The zero-order valence-corrected chi connectivity index (χ0v) is 16.8. The van der Waals surface area contributed by atoms with Crippen molar-refractivity contribution in [2.45, 2.75) is 45.6 Å². The molecule has 1 unspecified atom stereocenters. The van der Waals surface area contributed by atoms with E-state index in [0.717, 1.165) is 42.6 Å². The molecule has 7 nitrogen and oxygen atoms in total. The molecule has 1 aliphatic rings. The van der Waals surface area contributed by atoms with Crippen molar-refractivity contribution in [2.24, 2.45) is 0 Å². The van der Waals surface area contributed by atoms with Gasteiger partial charge in [-0.25, -0.2) is 15.0 Å². The summed E-state index contributed by atoms with van der Waals surface area (Å²) in [6.07, 6.45) is 8.92. The maximum Gasteiger partial charge on any atom is 0.298 e. The van der Waals surface area contributed by atoms with Crippen LogP contribution in [0.4, 0.5) is 17.7 Å². The molecule has 2 aromatic heterocycles. The third-order valence-electron chi connectivity index (χ3n) is 5.14. The van der Waals surface area contributed by atoms with Crippen LogP contribution in [0.3, 0.4) is 0 Å². The van der Waals surface area contributed by atoms with Crippen LogP contribution in [0.1, 0.15) is 38.7 Å². The summed E-state index contributed by atoms with van der Waals surface area (Å²) in [5.41, 5.74) is 2.89. The van der Waals surface area contributed by atoms with E-state index in [1.165, 1.54) is 0 Å². The molecule has 1 fully saturated rings. The fourth-order valence-electron chi connectivity index (χ4n) is 3.51. The lowest BCUT2D eigenvalue weighted by Crippen LogP contribution is -2.44. The minimum absolute atomic E-state index is 0.198. The van der Waals surface area contributed by atoms with Crippen LogP contribution in [0, 0.1) is 0 Å². The molecule has 1 saturated heterocycles. The first-order valence-corrected chi connectivity index (χ1v) is 10.1. The summed E-state index contributed by atoms with van der Waals surface area (Å²) in [5.74, 6) is 1.45. The summed E-state index contributed by atoms with van der Waals surface area (Å²) in [6.45, 7) is 4.82. The molecule has 1 aliphatic heterocycles. The van der Waals surface area contributed by atoms with Gasteiger partial charge in [0.2, 0.25) is 5.95 Å². The number of anilines is 3. The van der Waals surface area contributed by atoms with E-state index >= 15 is 0 Å². The molecule has 1 aromatic carbocycles. The highest BCUT2D eigenvalue weighted by Gasteiger charge is 2.28. The van der Waals surface area contributed by atoms with Gasteiger partial charge in [0.15, 0.2) is 11.5 Å². The SMILES string of the molecule is CCCc1cnc(Nc2cccc(-c3cnc(N4CCCC(=O)C4C)o3)c2)nc1. The Labute approximate surface area is 170 Å². The summed E-state index contributed by atoms with van der Waals surface area (Å²) in [6, 6.07) is 8.13. The van der Waals surface area contributed by atoms with Gasteiger partial charge in [-0.1, -0.05) is 25.5 Å². The van der Waals surface area contributed by atoms with Gasteiger partial charge in [-0.2, -0.15) is 0 Å². The first-order valence-electron chi connectivity index (χ1n) is 10.1. The van der Waals surface area contributed by atoms with Gasteiger partial charge in [-0.05, 0) is 37.5 Å².